The molecular formula is C3H5BN2O2. The van der Waals surface area contributed by atoms with Crippen LogP contribution in [0.5, 0.6) is 0 Å². The van der Waals surface area contributed by atoms with E-state index in [1.165, 1.54) is 6.21 Å². The molecule has 42 valence electrons. The molecule has 0 atom stereocenters. The van der Waals surface area contributed by atoms with Crippen LogP contribution in [0.25, 0.3) is 0 Å². The van der Waals surface area contributed by atoms with Gasteiger partial charge >= 0.3 is 7.12 Å². The molecule has 0 fully saturated rings. The second-order valence-electron chi connectivity index (χ2n) is 1.47. The summed E-state index contributed by atoms with van der Waals surface area (Å²) in [6.45, 7) is 0. The number of hydrogen-bond acceptors (Lipinski definition) is 4. The summed E-state index contributed by atoms with van der Waals surface area (Å²) >= 11 is 0. The van der Waals surface area contributed by atoms with Crippen molar-refractivity contribution in [2.75, 3.05) is 0 Å². The maximum Gasteiger partial charge on any atom is 0.506 e. The summed E-state index contributed by atoms with van der Waals surface area (Å²) in [6.07, 6.45) is 1.98. The first kappa shape index (κ1) is 5.46. The van der Waals surface area contributed by atoms with Crippen molar-refractivity contribution >= 4 is 18.9 Å². The molecule has 0 bridgehead atoms. The average Bonchev–Trinajstić information content (AvgIpc) is 2.12. The Hall–Kier alpha value is -0.675. The van der Waals surface area contributed by atoms with Gasteiger partial charge in [0.15, 0.2) is 0 Å². The third-order valence-corrected chi connectivity index (χ3v) is 0.866. The van der Waals surface area contributed by atoms with Gasteiger partial charge in [0.2, 0.25) is 0 Å². The molecule has 4 nitrogen and oxygen atoms in total. The van der Waals surface area contributed by atoms with Gasteiger partial charge in [0, 0.05) is 12.6 Å². The molecule has 5 heteroatoms. The Balaban J connectivity index is 2.51. The van der Waals surface area contributed by atoms with Crippen LogP contribution in [0.2, 0.25) is 0 Å². The molecule has 0 amide bonds. The van der Waals surface area contributed by atoms with Gasteiger partial charge in [-0.15, -0.1) is 0 Å². The Morgan fingerprint density at radius 1 is 1.62 bits per heavy atom. The SMILES string of the molecule is OB(O)C1=NN=CC1. The molecule has 0 aromatic carbocycles. The maximum absolute atomic E-state index is 8.40. The minimum atomic E-state index is -1.43. The molecular weight excluding hydrogens is 107 g/mol. The van der Waals surface area contributed by atoms with Gasteiger partial charge in [-0.2, -0.15) is 10.2 Å². The van der Waals surface area contributed by atoms with Crippen molar-refractivity contribution in [1.29, 1.82) is 0 Å². The van der Waals surface area contributed by atoms with E-state index in [1.54, 1.807) is 0 Å². The lowest BCUT2D eigenvalue weighted by molar-refractivity contribution is 0.429. The second kappa shape index (κ2) is 2.06. The first-order chi connectivity index (χ1) is 3.80. The molecule has 1 heterocycles. The molecule has 0 saturated carbocycles. The van der Waals surface area contributed by atoms with Crippen LogP contribution in [0, 0.1) is 0 Å². The summed E-state index contributed by atoms with van der Waals surface area (Å²) < 4.78 is 0. The molecule has 1 aliphatic rings. The summed E-state index contributed by atoms with van der Waals surface area (Å²) in [5.74, 6) is 0. The van der Waals surface area contributed by atoms with Crippen molar-refractivity contribution in [2.45, 2.75) is 6.42 Å². The molecule has 0 aromatic heterocycles. The predicted molar refractivity (Wildman–Crippen MR) is 30.7 cm³/mol. The molecule has 0 radical (unpaired) electrons. The van der Waals surface area contributed by atoms with E-state index < -0.39 is 7.12 Å². The van der Waals surface area contributed by atoms with Gasteiger partial charge in [-0.3, -0.25) is 0 Å². The molecule has 1 rings (SSSR count). The van der Waals surface area contributed by atoms with Crippen molar-refractivity contribution in [3.05, 3.63) is 0 Å². The number of nitrogens with zero attached hydrogens (tertiary/aromatic N) is 2. The van der Waals surface area contributed by atoms with E-state index in [0.29, 0.717) is 12.0 Å². The van der Waals surface area contributed by atoms with Crippen molar-refractivity contribution < 1.29 is 10.0 Å². The number of hydrogen-bond donors (Lipinski definition) is 2. The van der Waals surface area contributed by atoms with Gasteiger partial charge in [0.1, 0.15) is 0 Å². The van der Waals surface area contributed by atoms with Gasteiger partial charge in [0.25, 0.3) is 0 Å². The Labute approximate surface area is 46.7 Å². The van der Waals surface area contributed by atoms with Crippen LogP contribution < -0.4 is 0 Å². The molecule has 0 saturated heterocycles. The molecule has 1 aliphatic heterocycles. The molecule has 0 aromatic rings. The highest BCUT2D eigenvalue weighted by Gasteiger charge is 2.17. The number of rotatable bonds is 1. The van der Waals surface area contributed by atoms with Crippen LogP contribution in [0.4, 0.5) is 0 Å². The Kier molecular flexibility index (Phi) is 1.41. The van der Waals surface area contributed by atoms with Crippen LogP contribution >= 0.6 is 0 Å². The van der Waals surface area contributed by atoms with Crippen LogP contribution in [0.15, 0.2) is 10.2 Å². The summed E-state index contributed by atoms with van der Waals surface area (Å²) in [7, 11) is -1.43. The quantitative estimate of drug-likeness (QED) is 0.419. The summed E-state index contributed by atoms with van der Waals surface area (Å²) in [6, 6.07) is 0. The third kappa shape index (κ3) is 0.934. The van der Waals surface area contributed by atoms with Crippen LogP contribution in [-0.4, -0.2) is 29.0 Å². The summed E-state index contributed by atoms with van der Waals surface area (Å²) in [5.41, 5.74) is 0.310. The molecule has 2 N–H and O–H groups in total. The van der Waals surface area contributed by atoms with Gasteiger partial charge in [-0.1, -0.05) is 0 Å². The van der Waals surface area contributed by atoms with Gasteiger partial charge in [-0.05, 0) is 0 Å². The zero-order chi connectivity index (χ0) is 5.98. The second-order valence-corrected chi connectivity index (χ2v) is 1.47. The Bertz CT molecular complexity index is 142. The maximum atomic E-state index is 8.40. The Morgan fingerprint density at radius 3 is 2.62 bits per heavy atom. The monoisotopic (exact) mass is 112 g/mol. The highest BCUT2D eigenvalue weighted by Crippen LogP contribution is 1.94. The summed E-state index contributed by atoms with van der Waals surface area (Å²) in [4.78, 5) is 0. The fourth-order valence-corrected chi connectivity index (χ4v) is 0.447. The van der Waals surface area contributed by atoms with E-state index in [1.807, 2.05) is 0 Å². The van der Waals surface area contributed by atoms with Crippen LogP contribution in [0.1, 0.15) is 6.42 Å². The zero-order valence-corrected chi connectivity index (χ0v) is 4.15. The van der Waals surface area contributed by atoms with E-state index in [9.17, 15) is 0 Å². The lowest BCUT2D eigenvalue weighted by atomic mass is 9.82. The minimum absolute atomic E-state index is 0.310. The van der Waals surface area contributed by atoms with Crippen LogP contribution in [-0.2, 0) is 0 Å². The zero-order valence-electron chi connectivity index (χ0n) is 4.15. The first-order valence-corrected chi connectivity index (χ1v) is 2.25. The van der Waals surface area contributed by atoms with E-state index in [4.69, 9.17) is 10.0 Å². The predicted octanol–water partition coefficient (Wildman–Crippen LogP) is -1.17. The molecule has 0 unspecified atom stereocenters. The van der Waals surface area contributed by atoms with Gasteiger partial charge in [-0.25, -0.2) is 0 Å². The fraction of sp³-hybridized carbons (Fsp3) is 0.333. The van der Waals surface area contributed by atoms with E-state index in [2.05, 4.69) is 10.2 Å². The average molecular weight is 112 g/mol. The summed E-state index contributed by atoms with van der Waals surface area (Å²) in [5, 5.41) is 23.6. The van der Waals surface area contributed by atoms with Crippen molar-refractivity contribution in [1.82, 2.24) is 0 Å². The van der Waals surface area contributed by atoms with Crippen LogP contribution in [0.3, 0.4) is 0 Å². The minimum Gasteiger partial charge on any atom is -0.422 e. The first-order valence-electron chi connectivity index (χ1n) is 2.25. The lowest BCUT2D eigenvalue weighted by Gasteiger charge is -1.90. The smallest absolute Gasteiger partial charge is 0.422 e. The van der Waals surface area contributed by atoms with Crippen molar-refractivity contribution in [3.8, 4) is 0 Å². The normalized spacial score (nSPS) is 16.5. The van der Waals surface area contributed by atoms with Gasteiger partial charge in [0.05, 0.1) is 5.61 Å². The van der Waals surface area contributed by atoms with E-state index >= 15 is 0 Å². The fourth-order valence-electron chi connectivity index (χ4n) is 0.447. The highest BCUT2D eigenvalue weighted by atomic mass is 16.4. The molecule has 0 aliphatic carbocycles. The topological polar surface area (TPSA) is 65.2 Å². The van der Waals surface area contributed by atoms with Crippen molar-refractivity contribution in [3.63, 3.8) is 0 Å². The van der Waals surface area contributed by atoms with Gasteiger partial charge < -0.3 is 10.0 Å². The lowest BCUT2D eigenvalue weighted by Crippen LogP contribution is -2.23. The molecule has 8 heavy (non-hydrogen) atoms. The third-order valence-electron chi connectivity index (χ3n) is 0.866. The Morgan fingerprint density at radius 2 is 2.38 bits per heavy atom. The van der Waals surface area contributed by atoms with E-state index in [-0.39, 0.29) is 0 Å². The standard InChI is InChI=1S/C3H5BN2O2/c7-4(8)3-1-2-5-6-3/h2,7-8H,1H2. The largest absolute Gasteiger partial charge is 0.506 e. The molecule has 0 spiro atoms. The highest BCUT2D eigenvalue weighted by molar-refractivity contribution is 6.81. The van der Waals surface area contributed by atoms with Crippen molar-refractivity contribution in [2.24, 2.45) is 10.2 Å². The van der Waals surface area contributed by atoms with E-state index in [0.717, 1.165) is 0 Å².